The number of fused-ring (bicyclic) bond motifs is 1. The summed E-state index contributed by atoms with van der Waals surface area (Å²) >= 11 is 0. The van der Waals surface area contributed by atoms with Gasteiger partial charge >= 0.3 is 5.97 Å². The van der Waals surface area contributed by atoms with Gasteiger partial charge in [-0.2, -0.15) is 4.52 Å². The number of hydrogen-bond donors (Lipinski definition) is 1. The summed E-state index contributed by atoms with van der Waals surface area (Å²) in [5.41, 5.74) is 0.689. The van der Waals surface area contributed by atoms with E-state index in [9.17, 15) is 4.79 Å². The predicted octanol–water partition coefficient (Wildman–Crippen LogP) is 3.31. The van der Waals surface area contributed by atoms with E-state index in [0.717, 1.165) is 12.8 Å². The van der Waals surface area contributed by atoms with Crippen LogP contribution in [0.3, 0.4) is 0 Å². The zero-order valence-corrected chi connectivity index (χ0v) is 14.6. The lowest BCUT2D eigenvalue weighted by Gasteiger charge is -2.23. The summed E-state index contributed by atoms with van der Waals surface area (Å²) in [6, 6.07) is 3.90. The predicted molar refractivity (Wildman–Crippen MR) is 94.9 cm³/mol. The lowest BCUT2D eigenvalue weighted by molar-refractivity contribution is 0.0527. The number of nitrogens with zero attached hydrogens (tertiary/aromatic N) is 4. The monoisotopic (exact) mass is 355 g/mol. The van der Waals surface area contributed by atoms with Crippen LogP contribution in [0.15, 0.2) is 29.0 Å². The molecule has 1 fully saturated rings. The minimum Gasteiger partial charge on any atom is -0.462 e. The molecule has 8 nitrogen and oxygen atoms in total. The van der Waals surface area contributed by atoms with Crippen LogP contribution in [-0.4, -0.2) is 38.2 Å². The highest BCUT2D eigenvalue weighted by Crippen LogP contribution is 2.24. The number of nitrogens with one attached hydrogen (secondary N) is 1. The van der Waals surface area contributed by atoms with Crippen molar-refractivity contribution in [3.05, 3.63) is 30.2 Å². The van der Waals surface area contributed by atoms with Gasteiger partial charge in [0.2, 0.25) is 11.8 Å². The molecule has 1 saturated carbocycles. The number of anilines is 1. The van der Waals surface area contributed by atoms with Crippen molar-refractivity contribution in [3.63, 3.8) is 0 Å². The van der Waals surface area contributed by atoms with Crippen LogP contribution in [0.5, 0.6) is 0 Å². The third kappa shape index (κ3) is 3.14. The first-order valence-electron chi connectivity index (χ1n) is 8.99. The topological polar surface area (TPSA) is 94.5 Å². The van der Waals surface area contributed by atoms with Crippen molar-refractivity contribution in [1.82, 2.24) is 19.6 Å². The smallest absolute Gasteiger partial charge is 0.343 e. The number of carbonyl (C=O) groups excluding carboxylic acids is 1. The zero-order valence-electron chi connectivity index (χ0n) is 14.6. The lowest BCUT2D eigenvalue weighted by Crippen LogP contribution is -2.25. The molecule has 26 heavy (non-hydrogen) atoms. The second kappa shape index (κ2) is 7.15. The number of ether oxygens (including phenoxy) is 1. The van der Waals surface area contributed by atoms with Crippen LogP contribution in [0.4, 0.5) is 5.95 Å². The van der Waals surface area contributed by atoms with E-state index in [2.05, 4.69) is 20.4 Å². The number of rotatable bonds is 5. The fourth-order valence-corrected chi connectivity index (χ4v) is 3.26. The molecule has 8 heteroatoms. The van der Waals surface area contributed by atoms with E-state index >= 15 is 0 Å². The number of carbonyl (C=O) groups is 1. The van der Waals surface area contributed by atoms with E-state index in [1.165, 1.54) is 25.5 Å². The van der Waals surface area contributed by atoms with Crippen LogP contribution in [-0.2, 0) is 4.74 Å². The fourth-order valence-electron chi connectivity index (χ4n) is 3.26. The number of aromatic nitrogens is 4. The first-order valence-corrected chi connectivity index (χ1v) is 8.99. The van der Waals surface area contributed by atoms with Crippen LogP contribution in [0.1, 0.15) is 49.4 Å². The summed E-state index contributed by atoms with van der Waals surface area (Å²) in [7, 11) is 0. The molecule has 0 aliphatic heterocycles. The third-order valence-corrected chi connectivity index (χ3v) is 4.54. The molecular weight excluding hydrogens is 334 g/mol. The largest absolute Gasteiger partial charge is 0.462 e. The molecule has 1 aliphatic rings. The van der Waals surface area contributed by atoms with E-state index in [1.54, 1.807) is 29.8 Å². The molecule has 0 saturated heterocycles. The van der Waals surface area contributed by atoms with Gasteiger partial charge in [-0.05, 0) is 31.9 Å². The Kier molecular flexibility index (Phi) is 4.55. The van der Waals surface area contributed by atoms with Gasteiger partial charge in [-0.1, -0.05) is 19.3 Å². The van der Waals surface area contributed by atoms with Crippen molar-refractivity contribution < 1.29 is 13.9 Å². The van der Waals surface area contributed by atoms with Crippen molar-refractivity contribution in [2.24, 2.45) is 0 Å². The van der Waals surface area contributed by atoms with E-state index in [-0.39, 0.29) is 12.2 Å². The summed E-state index contributed by atoms with van der Waals surface area (Å²) in [6.45, 7) is 2.05. The molecule has 4 rings (SSSR count). The summed E-state index contributed by atoms with van der Waals surface area (Å²) < 4.78 is 12.1. The Labute approximate surface area is 150 Å². The normalized spacial score (nSPS) is 15.3. The van der Waals surface area contributed by atoms with Crippen molar-refractivity contribution in [1.29, 1.82) is 0 Å². The molecule has 0 bridgehead atoms. The van der Waals surface area contributed by atoms with Gasteiger partial charge in [-0.15, -0.1) is 5.10 Å². The van der Waals surface area contributed by atoms with E-state index < -0.39 is 5.97 Å². The second-order valence-electron chi connectivity index (χ2n) is 6.34. The highest BCUT2D eigenvalue weighted by atomic mass is 16.5. The molecule has 136 valence electrons. The van der Waals surface area contributed by atoms with E-state index in [0.29, 0.717) is 29.2 Å². The Bertz CT molecular complexity index is 897. The molecule has 0 amide bonds. The molecule has 3 heterocycles. The molecule has 1 N–H and O–H groups in total. The van der Waals surface area contributed by atoms with Gasteiger partial charge < -0.3 is 14.5 Å². The Morgan fingerprint density at radius 2 is 2.23 bits per heavy atom. The van der Waals surface area contributed by atoms with E-state index in [1.807, 2.05) is 0 Å². The minimum absolute atomic E-state index is 0.284. The van der Waals surface area contributed by atoms with Gasteiger partial charge in [0.05, 0.1) is 12.9 Å². The quantitative estimate of drug-likeness (QED) is 0.702. The Balaban J connectivity index is 1.77. The van der Waals surface area contributed by atoms with Gasteiger partial charge in [-0.3, -0.25) is 0 Å². The fraction of sp³-hybridized carbons (Fsp3) is 0.444. The first-order chi connectivity index (χ1) is 12.8. The van der Waals surface area contributed by atoms with Gasteiger partial charge in [0, 0.05) is 12.2 Å². The van der Waals surface area contributed by atoms with Crippen LogP contribution in [0.2, 0.25) is 0 Å². The number of furan rings is 1. The van der Waals surface area contributed by atoms with Crippen LogP contribution < -0.4 is 5.32 Å². The minimum atomic E-state index is -0.465. The van der Waals surface area contributed by atoms with Crippen molar-refractivity contribution in [2.45, 2.75) is 45.1 Å². The second-order valence-corrected chi connectivity index (χ2v) is 6.34. The molecule has 3 aromatic heterocycles. The molecule has 0 radical (unpaired) electrons. The first kappa shape index (κ1) is 16.6. The lowest BCUT2D eigenvalue weighted by atomic mass is 9.96. The highest BCUT2D eigenvalue weighted by Gasteiger charge is 2.22. The molecule has 0 atom stereocenters. The van der Waals surface area contributed by atoms with Gasteiger partial charge in [0.1, 0.15) is 5.56 Å². The van der Waals surface area contributed by atoms with Crippen molar-refractivity contribution in [2.75, 3.05) is 11.9 Å². The Hall–Kier alpha value is -2.90. The molecule has 0 spiro atoms. The summed E-state index contributed by atoms with van der Waals surface area (Å²) in [4.78, 5) is 21.2. The average Bonchev–Trinajstić information content (AvgIpc) is 3.33. The maximum absolute atomic E-state index is 12.3. The van der Waals surface area contributed by atoms with E-state index in [4.69, 9.17) is 9.15 Å². The van der Waals surface area contributed by atoms with Crippen LogP contribution >= 0.6 is 0 Å². The highest BCUT2D eigenvalue weighted by molar-refractivity contribution is 5.95. The van der Waals surface area contributed by atoms with Crippen LogP contribution in [0.25, 0.3) is 17.2 Å². The third-order valence-electron chi connectivity index (χ3n) is 4.54. The maximum atomic E-state index is 12.3. The number of hydrogen-bond acceptors (Lipinski definition) is 7. The summed E-state index contributed by atoms with van der Waals surface area (Å²) in [6.07, 6.45) is 8.94. The Morgan fingerprint density at radius 1 is 1.38 bits per heavy atom. The average molecular weight is 355 g/mol. The maximum Gasteiger partial charge on any atom is 0.343 e. The van der Waals surface area contributed by atoms with Crippen molar-refractivity contribution in [3.8, 4) is 11.6 Å². The van der Waals surface area contributed by atoms with Gasteiger partial charge in [-0.25, -0.2) is 14.8 Å². The molecule has 3 aromatic rings. The zero-order chi connectivity index (χ0) is 17.9. The molecule has 0 aromatic carbocycles. The summed E-state index contributed by atoms with van der Waals surface area (Å²) in [5.74, 6) is 1.05. The summed E-state index contributed by atoms with van der Waals surface area (Å²) in [5, 5.41) is 7.95. The van der Waals surface area contributed by atoms with Gasteiger partial charge in [0.15, 0.2) is 11.4 Å². The standard InChI is InChI=1S/C18H21N5O3/c1-2-25-17(24)13-11-19-18(20-12-7-4-3-5-8-12)23-16(13)21-15(22-23)14-9-6-10-26-14/h6,9-12H,2-5,7-8H2,1H3,(H,19,20). The molecular formula is C18H21N5O3. The molecule has 1 aliphatic carbocycles. The molecule has 0 unspecified atom stereocenters. The Morgan fingerprint density at radius 3 is 2.96 bits per heavy atom. The SMILES string of the molecule is CCOC(=O)c1cnc(NC2CCCCC2)n2nc(-c3ccco3)nc12. The van der Waals surface area contributed by atoms with Crippen LogP contribution in [0, 0.1) is 0 Å². The number of esters is 1. The van der Waals surface area contributed by atoms with Crippen molar-refractivity contribution >= 4 is 17.6 Å². The van der Waals surface area contributed by atoms with Gasteiger partial charge in [0.25, 0.3) is 0 Å².